The number of nitrogens with zero attached hydrogens (tertiary/aromatic N) is 3. The highest BCUT2D eigenvalue weighted by Gasteiger charge is 2.12. The minimum absolute atomic E-state index is 0.608. The number of aromatic nitrogens is 2. The Morgan fingerprint density at radius 1 is 1.33 bits per heavy atom. The van der Waals surface area contributed by atoms with Crippen molar-refractivity contribution < 1.29 is 9.69 Å². The Kier molecular flexibility index (Phi) is 3.40. The molecule has 0 atom stereocenters. The molecule has 0 aliphatic heterocycles. The fourth-order valence-corrected chi connectivity index (χ4v) is 1.74. The van der Waals surface area contributed by atoms with Gasteiger partial charge in [0.25, 0.3) is 0 Å². The molecular formula is C12H20N5O+. The van der Waals surface area contributed by atoms with E-state index < -0.39 is 0 Å². The molecule has 0 spiro atoms. The van der Waals surface area contributed by atoms with Gasteiger partial charge < -0.3 is 9.80 Å². The molecule has 98 valence electrons. The van der Waals surface area contributed by atoms with Crippen LogP contribution in [0.2, 0.25) is 0 Å². The number of rotatable bonds is 5. The van der Waals surface area contributed by atoms with Crippen molar-refractivity contribution in [3.63, 3.8) is 0 Å². The zero-order valence-corrected chi connectivity index (χ0v) is 11.0. The van der Waals surface area contributed by atoms with Crippen molar-refractivity contribution in [1.82, 2.24) is 9.61 Å². The third kappa shape index (κ3) is 2.72. The van der Waals surface area contributed by atoms with Crippen molar-refractivity contribution in [3.8, 4) is 0 Å². The fraction of sp³-hybridized carbons (Fsp3) is 0.417. The van der Waals surface area contributed by atoms with Crippen molar-refractivity contribution in [2.75, 3.05) is 45.0 Å². The van der Waals surface area contributed by atoms with Crippen molar-refractivity contribution in [3.05, 3.63) is 24.4 Å². The Labute approximate surface area is 106 Å². The fourth-order valence-electron chi connectivity index (χ4n) is 1.74. The first-order valence-electron chi connectivity index (χ1n) is 5.93. The maximum atomic E-state index is 9.22. The SMILES string of the molecule is C[N+](C)(C)CCNc1nn2ccccc2c1NO. The molecule has 2 rings (SSSR count). The Morgan fingerprint density at radius 3 is 2.78 bits per heavy atom. The molecule has 0 saturated heterocycles. The highest BCUT2D eigenvalue weighted by molar-refractivity contribution is 5.82. The third-order valence-electron chi connectivity index (χ3n) is 2.73. The molecule has 2 aromatic rings. The van der Waals surface area contributed by atoms with Gasteiger partial charge in [0, 0.05) is 6.20 Å². The second kappa shape index (κ2) is 4.83. The zero-order valence-electron chi connectivity index (χ0n) is 11.0. The maximum Gasteiger partial charge on any atom is 0.175 e. The summed E-state index contributed by atoms with van der Waals surface area (Å²) in [6, 6.07) is 5.71. The van der Waals surface area contributed by atoms with Crippen LogP contribution in [0.4, 0.5) is 11.5 Å². The van der Waals surface area contributed by atoms with Crippen molar-refractivity contribution >= 4 is 17.0 Å². The van der Waals surface area contributed by atoms with E-state index >= 15 is 0 Å². The van der Waals surface area contributed by atoms with Crippen LogP contribution in [-0.2, 0) is 0 Å². The number of pyridine rings is 1. The van der Waals surface area contributed by atoms with Crippen LogP contribution in [0.5, 0.6) is 0 Å². The molecular weight excluding hydrogens is 230 g/mol. The number of nitrogens with one attached hydrogen (secondary N) is 2. The summed E-state index contributed by atoms with van der Waals surface area (Å²) in [5.41, 5.74) is 3.66. The van der Waals surface area contributed by atoms with Crippen LogP contribution in [-0.4, -0.2) is 53.5 Å². The summed E-state index contributed by atoms with van der Waals surface area (Å²) in [5, 5.41) is 16.8. The summed E-state index contributed by atoms with van der Waals surface area (Å²) >= 11 is 0. The maximum absolute atomic E-state index is 9.22. The summed E-state index contributed by atoms with van der Waals surface area (Å²) in [6.07, 6.45) is 1.85. The number of fused-ring (bicyclic) bond motifs is 1. The van der Waals surface area contributed by atoms with E-state index in [4.69, 9.17) is 0 Å². The van der Waals surface area contributed by atoms with Gasteiger partial charge in [-0.05, 0) is 12.1 Å². The number of hydrogen-bond acceptors (Lipinski definition) is 4. The van der Waals surface area contributed by atoms with E-state index in [0.717, 1.165) is 23.1 Å². The van der Waals surface area contributed by atoms with E-state index in [2.05, 4.69) is 37.0 Å². The Hall–Kier alpha value is -1.79. The molecule has 0 fully saturated rings. The second-order valence-corrected chi connectivity index (χ2v) is 5.31. The lowest BCUT2D eigenvalue weighted by Gasteiger charge is -2.23. The van der Waals surface area contributed by atoms with E-state index in [-0.39, 0.29) is 0 Å². The molecule has 6 heteroatoms. The van der Waals surface area contributed by atoms with Crippen LogP contribution in [0.15, 0.2) is 24.4 Å². The highest BCUT2D eigenvalue weighted by Crippen LogP contribution is 2.25. The monoisotopic (exact) mass is 250 g/mol. The van der Waals surface area contributed by atoms with Gasteiger partial charge in [-0.15, -0.1) is 5.10 Å². The number of hydrogen-bond donors (Lipinski definition) is 3. The molecule has 3 N–H and O–H groups in total. The average Bonchev–Trinajstić information content (AvgIpc) is 2.64. The van der Waals surface area contributed by atoms with Gasteiger partial charge in [0.1, 0.15) is 5.69 Å². The van der Waals surface area contributed by atoms with Gasteiger partial charge in [-0.25, -0.2) is 4.52 Å². The summed E-state index contributed by atoms with van der Waals surface area (Å²) in [7, 11) is 6.41. The quantitative estimate of drug-likeness (QED) is 0.552. The van der Waals surface area contributed by atoms with E-state index in [9.17, 15) is 5.21 Å². The highest BCUT2D eigenvalue weighted by atomic mass is 16.5. The van der Waals surface area contributed by atoms with Crippen LogP contribution < -0.4 is 10.8 Å². The third-order valence-corrected chi connectivity index (χ3v) is 2.73. The lowest BCUT2D eigenvalue weighted by molar-refractivity contribution is -0.868. The number of likely N-dealkylation sites (N-methyl/N-ethyl adjacent to an activating group) is 1. The van der Waals surface area contributed by atoms with Crippen LogP contribution >= 0.6 is 0 Å². The van der Waals surface area contributed by atoms with Crippen LogP contribution in [0.25, 0.3) is 5.52 Å². The molecule has 2 heterocycles. The van der Waals surface area contributed by atoms with Gasteiger partial charge in [0.15, 0.2) is 5.82 Å². The van der Waals surface area contributed by atoms with Crippen molar-refractivity contribution in [1.29, 1.82) is 0 Å². The zero-order chi connectivity index (χ0) is 13.2. The van der Waals surface area contributed by atoms with Gasteiger partial charge in [-0.2, -0.15) is 0 Å². The number of anilines is 2. The van der Waals surface area contributed by atoms with Crippen LogP contribution in [0, 0.1) is 0 Å². The van der Waals surface area contributed by atoms with E-state index in [1.165, 1.54) is 0 Å². The number of quaternary nitrogens is 1. The minimum Gasteiger partial charge on any atom is -0.361 e. The minimum atomic E-state index is 0.608. The van der Waals surface area contributed by atoms with Crippen LogP contribution in [0.1, 0.15) is 0 Å². The second-order valence-electron chi connectivity index (χ2n) is 5.31. The molecule has 2 aromatic heterocycles. The molecule has 0 aliphatic rings. The first-order valence-corrected chi connectivity index (χ1v) is 5.93. The van der Waals surface area contributed by atoms with E-state index in [1.807, 2.05) is 24.4 Å². The van der Waals surface area contributed by atoms with E-state index in [0.29, 0.717) is 11.5 Å². The summed E-state index contributed by atoms with van der Waals surface area (Å²) in [5.74, 6) is 0.664. The van der Waals surface area contributed by atoms with Crippen LogP contribution in [0.3, 0.4) is 0 Å². The van der Waals surface area contributed by atoms with Gasteiger partial charge in [0.2, 0.25) is 0 Å². The molecule has 0 unspecified atom stereocenters. The predicted molar refractivity (Wildman–Crippen MR) is 72.0 cm³/mol. The van der Waals surface area contributed by atoms with Crippen molar-refractivity contribution in [2.45, 2.75) is 0 Å². The molecule has 0 radical (unpaired) electrons. The first-order chi connectivity index (χ1) is 8.51. The lowest BCUT2D eigenvalue weighted by Crippen LogP contribution is -2.38. The molecule has 0 aromatic carbocycles. The molecule has 18 heavy (non-hydrogen) atoms. The molecule has 0 amide bonds. The smallest absolute Gasteiger partial charge is 0.175 e. The molecule has 0 aliphatic carbocycles. The topological polar surface area (TPSA) is 61.6 Å². The molecule has 0 saturated carbocycles. The van der Waals surface area contributed by atoms with Gasteiger partial charge in [0.05, 0.1) is 39.7 Å². The van der Waals surface area contributed by atoms with Gasteiger partial charge >= 0.3 is 0 Å². The summed E-state index contributed by atoms with van der Waals surface area (Å²) in [4.78, 5) is 0. The summed E-state index contributed by atoms with van der Waals surface area (Å²) < 4.78 is 2.61. The Morgan fingerprint density at radius 2 is 2.11 bits per heavy atom. The summed E-state index contributed by atoms with van der Waals surface area (Å²) in [6.45, 7) is 1.76. The molecule has 0 bridgehead atoms. The predicted octanol–water partition coefficient (Wildman–Crippen LogP) is 1.25. The Bertz CT molecular complexity index is 529. The lowest BCUT2D eigenvalue weighted by atomic mass is 10.3. The molecule has 6 nitrogen and oxygen atoms in total. The largest absolute Gasteiger partial charge is 0.361 e. The van der Waals surface area contributed by atoms with Gasteiger partial charge in [-0.1, -0.05) is 6.07 Å². The van der Waals surface area contributed by atoms with Crippen molar-refractivity contribution in [2.24, 2.45) is 0 Å². The van der Waals surface area contributed by atoms with E-state index in [1.54, 1.807) is 4.52 Å². The first kappa shape index (κ1) is 12.7. The normalized spacial score (nSPS) is 11.8. The Balaban J connectivity index is 2.17. The standard InChI is InChI=1S/C12H20N5O/c1-17(2,3)9-7-13-12-11(15-18)10-6-4-5-8-16(10)14-12/h4-6,8,15,18H,7,9H2,1-3H3,(H,13,14)/q+1. The average molecular weight is 250 g/mol. The van der Waals surface area contributed by atoms with Gasteiger partial charge in [-0.3, -0.25) is 10.7 Å².